The number of aryl methyl sites for hydroxylation is 1. The van der Waals surface area contributed by atoms with Gasteiger partial charge in [-0.3, -0.25) is 0 Å². The number of rotatable bonds is 3. The Morgan fingerprint density at radius 3 is 2.71 bits per heavy atom. The zero-order valence-corrected chi connectivity index (χ0v) is 10.8. The zero-order chi connectivity index (χ0) is 12.4. The van der Waals surface area contributed by atoms with Crippen LogP contribution in [0.5, 0.6) is 0 Å². The first-order valence-electron chi connectivity index (χ1n) is 5.20. The number of hydrogen-bond donors (Lipinski definition) is 1. The number of benzene rings is 1. The Morgan fingerprint density at radius 1 is 1.29 bits per heavy atom. The average molecular weight is 271 g/mol. The molecule has 2 aromatic rings. The molecule has 0 amide bonds. The van der Waals surface area contributed by atoms with Crippen LogP contribution in [-0.2, 0) is 6.42 Å². The molecule has 1 aromatic heterocycles. The fourth-order valence-corrected chi connectivity index (χ4v) is 1.83. The Kier molecular flexibility index (Phi) is 3.66. The van der Waals surface area contributed by atoms with Crippen molar-refractivity contribution < 1.29 is 0 Å². The van der Waals surface area contributed by atoms with E-state index in [-0.39, 0.29) is 0 Å². The Bertz CT molecular complexity index is 536. The van der Waals surface area contributed by atoms with Gasteiger partial charge in [-0.1, -0.05) is 23.2 Å². The lowest BCUT2D eigenvalue weighted by atomic mass is 10.3. The first kappa shape index (κ1) is 12.4. The summed E-state index contributed by atoms with van der Waals surface area (Å²) in [4.78, 5) is 4.32. The molecule has 17 heavy (non-hydrogen) atoms. The quantitative estimate of drug-likeness (QED) is 0.932. The second-order valence-electron chi connectivity index (χ2n) is 3.62. The van der Waals surface area contributed by atoms with Gasteiger partial charge in [0, 0.05) is 6.42 Å². The van der Waals surface area contributed by atoms with Crippen molar-refractivity contribution in [2.75, 3.05) is 6.54 Å². The van der Waals surface area contributed by atoms with Gasteiger partial charge in [-0.05, 0) is 31.7 Å². The lowest BCUT2D eigenvalue weighted by molar-refractivity contribution is 0.804. The van der Waals surface area contributed by atoms with Crippen molar-refractivity contribution in [2.24, 2.45) is 5.73 Å². The molecular weight excluding hydrogens is 259 g/mol. The van der Waals surface area contributed by atoms with Crippen molar-refractivity contribution in [3.63, 3.8) is 0 Å². The molecule has 0 bridgehead atoms. The van der Waals surface area contributed by atoms with E-state index >= 15 is 0 Å². The minimum absolute atomic E-state index is 0.499. The smallest absolute Gasteiger partial charge is 0.152 e. The fraction of sp³-hybridized carbons (Fsp3) is 0.273. The topological polar surface area (TPSA) is 56.7 Å². The molecule has 0 radical (unpaired) electrons. The lowest BCUT2D eigenvalue weighted by Gasteiger charge is -2.04. The monoisotopic (exact) mass is 270 g/mol. The number of hydrogen-bond acceptors (Lipinski definition) is 3. The first-order valence-corrected chi connectivity index (χ1v) is 5.95. The highest BCUT2D eigenvalue weighted by molar-refractivity contribution is 6.42. The summed E-state index contributed by atoms with van der Waals surface area (Å²) >= 11 is 11.8. The molecule has 0 aliphatic carbocycles. The molecule has 0 fully saturated rings. The maximum atomic E-state index is 5.97. The number of halogens is 2. The standard InChI is InChI=1S/C11H12Cl2N4/c1-7-15-11(4-5-14)16-17(7)8-2-3-9(12)10(13)6-8/h2-3,6H,4-5,14H2,1H3. The maximum absolute atomic E-state index is 5.97. The van der Waals surface area contributed by atoms with Crippen LogP contribution in [0.2, 0.25) is 10.0 Å². The molecule has 0 unspecified atom stereocenters. The van der Waals surface area contributed by atoms with E-state index in [1.165, 1.54) is 0 Å². The third-order valence-corrected chi connectivity index (χ3v) is 3.07. The number of nitrogens with two attached hydrogens (primary N) is 1. The van der Waals surface area contributed by atoms with Gasteiger partial charge in [-0.15, -0.1) is 0 Å². The van der Waals surface area contributed by atoms with E-state index in [2.05, 4.69) is 10.1 Å². The molecule has 1 aromatic carbocycles. The van der Waals surface area contributed by atoms with E-state index in [0.29, 0.717) is 23.0 Å². The summed E-state index contributed by atoms with van der Waals surface area (Å²) in [5.41, 5.74) is 6.32. The molecule has 0 spiro atoms. The summed E-state index contributed by atoms with van der Waals surface area (Å²) in [5, 5.41) is 5.39. The van der Waals surface area contributed by atoms with Gasteiger partial charge in [0.15, 0.2) is 5.82 Å². The molecule has 0 saturated carbocycles. The Balaban J connectivity index is 2.41. The van der Waals surface area contributed by atoms with Crippen LogP contribution in [0, 0.1) is 6.92 Å². The van der Waals surface area contributed by atoms with E-state index in [4.69, 9.17) is 28.9 Å². The van der Waals surface area contributed by atoms with Gasteiger partial charge >= 0.3 is 0 Å². The number of nitrogens with zero attached hydrogens (tertiary/aromatic N) is 3. The second kappa shape index (κ2) is 5.04. The average Bonchev–Trinajstić information content (AvgIpc) is 2.64. The minimum Gasteiger partial charge on any atom is -0.330 e. The van der Waals surface area contributed by atoms with Gasteiger partial charge < -0.3 is 5.73 Å². The Labute approximate surface area is 109 Å². The van der Waals surface area contributed by atoms with Crippen molar-refractivity contribution in [2.45, 2.75) is 13.3 Å². The Morgan fingerprint density at radius 2 is 2.06 bits per heavy atom. The molecule has 0 aliphatic heterocycles. The van der Waals surface area contributed by atoms with Crippen molar-refractivity contribution in [3.8, 4) is 5.69 Å². The third kappa shape index (κ3) is 2.60. The van der Waals surface area contributed by atoms with Gasteiger partial charge in [0.2, 0.25) is 0 Å². The van der Waals surface area contributed by atoms with Crippen LogP contribution in [0.1, 0.15) is 11.6 Å². The maximum Gasteiger partial charge on any atom is 0.152 e. The minimum atomic E-state index is 0.499. The molecule has 0 atom stereocenters. The molecule has 0 aliphatic rings. The fourth-order valence-electron chi connectivity index (χ4n) is 1.54. The van der Waals surface area contributed by atoms with Crippen molar-refractivity contribution in [3.05, 3.63) is 39.9 Å². The molecule has 2 rings (SSSR count). The lowest BCUT2D eigenvalue weighted by Crippen LogP contribution is -2.05. The summed E-state index contributed by atoms with van der Waals surface area (Å²) < 4.78 is 1.73. The van der Waals surface area contributed by atoms with Gasteiger partial charge in [-0.25, -0.2) is 9.67 Å². The van der Waals surface area contributed by atoms with Crippen LogP contribution in [-0.4, -0.2) is 21.3 Å². The van der Waals surface area contributed by atoms with Crippen LogP contribution in [0.15, 0.2) is 18.2 Å². The molecular formula is C11H12Cl2N4. The second-order valence-corrected chi connectivity index (χ2v) is 4.44. The Hall–Kier alpha value is -1.10. The van der Waals surface area contributed by atoms with E-state index in [1.807, 2.05) is 13.0 Å². The normalized spacial score (nSPS) is 10.8. The van der Waals surface area contributed by atoms with Crippen molar-refractivity contribution >= 4 is 23.2 Å². The van der Waals surface area contributed by atoms with Crippen LogP contribution in [0.4, 0.5) is 0 Å². The van der Waals surface area contributed by atoms with Crippen LogP contribution < -0.4 is 5.73 Å². The third-order valence-electron chi connectivity index (χ3n) is 2.33. The molecule has 0 saturated heterocycles. The van der Waals surface area contributed by atoms with Crippen LogP contribution in [0.25, 0.3) is 5.69 Å². The van der Waals surface area contributed by atoms with Gasteiger partial charge in [0.25, 0.3) is 0 Å². The van der Waals surface area contributed by atoms with Crippen molar-refractivity contribution in [1.29, 1.82) is 0 Å². The van der Waals surface area contributed by atoms with Crippen LogP contribution >= 0.6 is 23.2 Å². The van der Waals surface area contributed by atoms with Crippen LogP contribution in [0.3, 0.4) is 0 Å². The first-order chi connectivity index (χ1) is 8.11. The van der Waals surface area contributed by atoms with E-state index in [9.17, 15) is 0 Å². The summed E-state index contributed by atoms with van der Waals surface area (Å²) in [5.74, 6) is 1.53. The van der Waals surface area contributed by atoms with Gasteiger partial charge in [0.05, 0.1) is 15.7 Å². The molecule has 6 heteroatoms. The van der Waals surface area contributed by atoms with E-state index < -0.39 is 0 Å². The predicted octanol–water partition coefficient (Wildman–Crippen LogP) is 2.38. The summed E-state index contributed by atoms with van der Waals surface area (Å²) in [6.07, 6.45) is 0.662. The SMILES string of the molecule is Cc1nc(CCN)nn1-c1ccc(Cl)c(Cl)c1. The summed E-state index contributed by atoms with van der Waals surface area (Å²) in [6.45, 7) is 2.42. The molecule has 1 heterocycles. The van der Waals surface area contributed by atoms with Crippen molar-refractivity contribution in [1.82, 2.24) is 14.8 Å². The predicted molar refractivity (Wildman–Crippen MR) is 68.9 cm³/mol. The largest absolute Gasteiger partial charge is 0.330 e. The van der Waals surface area contributed by atoms with Gasteiger partial charge in [-0.2, -0.15) is 5.10 Å². The summed E-state index contributed by atoms with van der Waals surface area (Å²) in [6, 6.07) is 5.35. The highest BCUT2D eigenvalue weighted by atomic mass is 35.5. The molecule has 2 N–H and O–H groups in total. The van der Waals surface area contributed by atoms with Gasteiger partial charge in [0.1, 0.15) is 5.82 Å². The molecule has 90 valence electrons. The highest BCUT2D eigenvalue weighted by Crippen LogP contribution is 2.24. The zero-order valence-electron chi connectivity index (χ0n) is 9.32. The molecule has 4 nitrogen and oxygen atoms in total. The van der Waals surface area contributed by atoms with E-state index in [1.54, 1.807) is 16.8 Å². The van der Waals surface area contributed by atoms with E-state index in [0.717, 1.165) is 17.3 Å². The highest BCUT2D eigenvalue weighted by Gasteiger charge is 2.08. The number of aromatic nitrogens is 3. The summed E-state index contributed by atoms with van der Waals surface area (Å²) in [7, 11) is 0.